The SMILES string of the molecule is CCc1ccc(CC2(C)CCC(N)C2)nc1. The molecule has 88 valence electrons. The van der Waals surface area contributed by atoms with E-state index in [0.29, 0.717) is 11.5 Å². The summed E-state index contributed by atoms with van der Waals surface area (Å²) in [6.45, 7) is 4.50. The Kier molecular flexibility index (Phi) is 3.29. The van der Waals surface area contributed by atoms with Crippen molar-refractivity contribution in [3.63, 3.8) is 0 Å². The maximum atomic E-state index is 5.99. The highest BCUT2D eigenvalue weighted by atomic mass is 14.7. The minimum Gasteiger partial charge on any atom is -0.328 e. The smallest absolute Gasteiger partial charge is 0.0409 e. The Bertz CT molecular complexity index is 344. The molecule has 2 rings (SSSR count). The molecule has 0 aliphatic heterocycles. The van der Waals surface area contributed by atoms with E-state index in [1.54, 1.807) is 0 Å². The van der Waals surface area contributed by atoms with Gasteiger partial charge in [0.05, 0.1) is 0 Å². The first-order valence-corrected chi connectivity index (χ1v) is 6.31. The highest BCUT2D eigenvalue weighted by Gasteiger charge is 2.33. The molecule has 2 unspecified atom stereocenters. The first-order chi connectivity index (χ1) is 7.61. The monoisotopic (exact) mass is 218 g/mol. The number of rotatable bonds is 3. The van der Waals surface area contributed by atoms with Crippen molar-refractivity contribution >= 4 is 0 Å². The van der Waals surface area contributed by atoms with Crippen molar-refractivity contribution in [2.75, 3.05) is 0 Å². The molecule has 1 heterocycles. The van der Waals surface area contributed by atoms with Crippen molar-refractivity contribution in [2.45, 2.75) is 52.0 Å². The molecule has 0 spiro atoms. The minimum absolute atomic E-state index is 0.375. The molecule has 1 aliphatic carbocycles. The van der Waals surface area contributed by atoms with Gasteiger partial charge in [-0.1, -0.05) is 19.9 Å². The van der Waals surface area contributed by atoms with Crippen LogP contribution < -0.4 is 5.73 Å². The second-order valence-electron chi connectivity index (χ2n) is 5.50. The molecule has 0 radical (unpaired) electrons. The maximum absolute atomic E-state index is 5.99. The number of aryl methyl sites for hydroxylation is 1. The van der Waals surface area contributed by atoms with Gasteiger partial charge in [0.2, 0.25) is 0 Å². The Balaban J connectivity index is 2.03. The van der Waals surface area contributed by atoms with Gasteiger partial charge in [0.1, 0.15) is 0 Å². The lowest BCUT2D eigenvalue weighted by molar-refractivity contribution is 0.326. The molecule has 1 aliphatic rings. The third-order valence-electron chi connectivity index (χ3n) is 3.78. The summed E-state index contributed by atoms with van der Waals surface area (Å²) in [5, 5.41) is 0. The van der Waals surface area contributed by atoms with E-state index < -0.39 is 0 Å². The van der Waals surface area contributed by atoms with Gasteiger partial charge >= 0.3 is 0 Å². The molecule has 1 fully saturated rings. The Hall–Kier alpha value is -0.890. The number of aromatic nitrogens is 1. The molecule has 1 aromatic heterocycles. The molecule has 0 bridgehead atoms. The van der Waals surface area contributed by atoms with Gasteiger partial charge < -0.3 is 5.73 Å². The summed E-state index contributed by atoms with van der Waals surface area (Å²) >= 11 is 0. The summed E-state index contributed by atoms with van der Waals surface area (Å²) in [5.74, 6) is 0. The predicted octanol–water partition coefficient (Wildman–Crippen LogP) is 2.70. The fourth-order valence-electron chi connectivity index (χ4n) is 2.74. The summed E-state index contributed by atoms with van der Waals surface area (Å²) in [6.07, 6.45) is 7.70. The highest BCUT2D eigenvalue weighted by molar-refractivity contribution is 5.15. The summed E-state index contributed by atoms with van der Waals surface area (Å²) < 4.78 is 0. The predicted molar refractivity (Wildman–Crippen MR) is 67.3 cm³/mol. The Labute approximate surface area is 98.3 Å². The van der Waals surface area contributed by atoms with Crippen LogP contribution in [0.4, 0.5) is 0 Å². The van der Waals surface area contributed by atoms with Gasteiger partial charge in [-0.15, -0.1) is 0 Å². The number of hydrogen-bond acceptors (Lipinski definition) is 2. The summed E-state index contributed by atoms with van der Waals surface area (Å²) in [6, 6.07) is 4.77. The van der Waals surface area contributed by atoms with Crippen LogP contribution in [0.1, 0.15) is 44.4 Å². The standard InChI is InChI=1S/C14H22N2/c1-3-11-4-5-13(16-10-11)9-14(2)7-6-12(15)8-14/h4-5,10,12H,3,6-9,15H2,1-2H3. The van der Waals surface area contributed by atoms with Crippen LogP contribution in [0.15, 0.2) is 18.3 Å². The molecule has 2 N–H and O–H groups in total. The molecule has 0 aromatic carbocycles. The fraction of sp³-hybridized carbons (Fsp3) is 0.643. The molecule has 2 nitrogen and oxygen atoms in total. The van der Waals surface area contributed by atoms with Gasteiger partial charge in [-0.25, -0.2) is 0 Å². The summed E-state index contributed by atoms with van der Waals surface area (Å²) in [7, 11) is 0. The van der Waals surface area contributed by atoms with E-state index in [1.807, 2.05) is 6.20 Å². The molecule has 16 heavy (non-hydrogen) atoms. The second kappa shape index (κ2) is 4.54. The van der Waals surface area contributed by atoms with E-state index in [-0.39, 0.29) is 0 Å². The van der Waals surface area contributed by atoms with Crippen molar-refractivity contribution in [2.24, 2.45) is 11.1 Å². The number of nitrogens with zero attached hydrogens (tertiary/aromatic N) is 1. The topological polar surface area (TPSA) is 38.9 Å². The Morgan fingerprint density at radius 2 is 2.31 bits per heavy atom. The van der Waals surface area contributed by atoms with Gasteiger partial charge in [-0.3, -0.25) is 4.98 Å². The van der Waals surface area contributed by atoms with Crippen molar-refractivity contribution in [1.82, 2.24) is 4.98 Å². The first kappa shape index (κ1) is 11.6. The van der Waals surface area contributed by atoms with E-state index in [4.69, 9.17) is 5.73 Å². The lowest BCUT2D eigenvalue weighted by Crippen LogP contribution is -2.21. The van der Waals surface area contributed by atoms with Crippen LogP contribution in [0.25, 0.3) is 0 Å². The van der Waals surface area contributed by atoms with E-state index in [9.17, 15) is 0 Å². The van der Waals surface area contributed by atoms with Crippen LogP contribution >= 0.6 is 0 Å². The van der Waals surface area contributed by atoms with Crippen molar-refractivity contribution in [1.29, 1.82) is 0 Å². The molecular formula is C14H22N2. The first-order valence-electron chi connectivity index (χ1n) is 6.31. The van der Waals surface area contributed by atoms with Crippen molar-refractivity contribution < 1.29 is 0 Å². The molecule has 0 amide bonds. The Morgan fingerprint density at radius 3 is 2.81 bits per heavy atom. The Morgan fingerprint density at radius 1 is 1.50 bits per heavy atom. The molecule has 2 atom stereocenters. The number of nitrogens with two attached hydrogens (primary N) is 1. The fourth-order valence-corrected chi connectivity index (χ4v) is 2.74. The normalized spacial score (nSPS) is 29.6. The molecule has 0 saturated heterocycles. The van der Waals surface area contributed by atoms with E-state index in [2.05, 4.69) is 31.0 Å². The quantitative estimate of drug-likeness (QED) is 0.847. The van der Waals surface area contributed by atoms with Crippen LogP contribution in [0.3, 0.4) is 0 Å². The number of hydrogen-bond donors (Lipinski definition) is 1. The molecule has 2 heteroatoms. The molecule has 1 aromatic rings. The maximum Gasteiger partial charge on any atom is 0.0409 e. The summed E-state index contributed by atoms with van der Waals surface area (Å²) in [5.41, 5.74) is 8.90. The average molecular weight is 218 g/mol. The van der Waals surface area contributed by atoms with E-state index in [0.717, 1.165) is 19.3 Å². The zero-order valence-electron chi connectivity index (χ0n) is 10.4. The minimum atomic E-state index is 0.375. The zero-order chi connectivity index (χ0) is 11.6. The molecule has 1 saturated carbocycles. The van der Waals surface area contributed by atoms with Crippen LogP contribution in [-0.2, 0) is 12.8 Å². The van der Waals surface area contributed by atoms with Crippen LogP contribution in [0, 0.1) is 5.41 Å². The van der Waals surface area contributed by atoms with Crippen molar-refractivity contribution in [3.8, 4) is 0 Å². The van der Waals surface area contributed by atoms with Gasteiger partial charge in [0.25, 0.3) is 0 Å². The highest BCUT2D eigenvalue weighted by Crippen LogP contribution is 2.39. The van der Waals surface area contributed by atoms with Gasteiger partial charge in [-0.2, -0.15) is 0 Å². The molecular weight excluding hydrogens is 196 g/mol. The van der Waals surface area contributed by atoms with Crippen molar-refractivity contribution in [3.05, 3.63) is 29.6 Å². The average Bonchev–Trinajstić information content (AvgIpc) is 2.59. The summed E-state index contributed by atoms with van der Waals surface area (Å²) in [4.78, 5) is 4.54. The number of pyridine rings is 1. The van der Waals surface area contributed by atoms with Crippen LogP contribution in [0.2, 0.25) is 0 Å². The van der Waals surface area contributed by atoms with Gasteiger partial charge in [0.15, 0.2) is 0 Å². The van der Waals surface area contributed by atoms with Crippen LogP contribution in [-0.4, -0.2) is 11.0 Å². The third-order valence-corrected chi connectivity index (χ3v) is 3.78. The lowest BCUT2D eigenvalue weighted by atomic mass is 9.83. The zero-order valence-corrected chi connectivity index (χ0v) is 10.4. The van der Waals surface area contributed by atoms with Gasteiger partial charge in [-0.05, 0) is 49.1 Å². The second-order valence-corrected chi connectivity index (χ2v) is 5.50. The van der Waals surface area contributed by atoms with E-state index >= 15 is 0 Å². The third kappa shape index (κ3) is 2.62. The largest absolute Gasteiger partial charge is 0.328 e. The lowest BCUT2D eigenvalue weighted by Gasteiger charge is -2.23. The van der Waals surface area contributed by atoms with Crippen LogP contribution in [0.5, 0.6) is 0 Å². The van der Waals surface area contributed by atoms with E-state index in [1.165, 1.54) is 24.1 Å². The van der Waals surface area contributed by atoms with Gasteiger partial charge in [0, 0.05) is 17.9 Å².